The predicted octanol–water partition coefficient (Wildman–Crippen LogP) is -0.0484. The van der Waals surface area contributed by atoms with Gasteiger partial charge in [-0.2, -0.15) is 0 Å². The molecule has 14 heavy (non-hydrogen) atoms. The van der Waals surface area contributed by atoms with E-state index in [-0.39, 0.29) is 17.8 Å². The average molecular weight is 217 g/mol. The number of hydrogen-bond donors (Lipinski definition) is 1. The Morgan fingerprint density at radius 2 is 2.29 bits per heavy atom. The van der Waals surface area contributed by atoms with Gasteiger partial charge in [0.15, 0.2) is 5.78 Å². The number of ketones is 1. The lowest BCUT2D eigenvalue weighted by Gasteiger charge is -2.38. The Morgan fingerprint density at radius 1 is 1.64 bits per heavy atom. The van der Waals surface area contributed by atoms with Crippen LogP contribution in [-0.4, -0.2) is 45.8 Å². The van der Waals surface area contributed by atoms with Gasteiger partial charge >= 0.3 is 5.97 Å². The number of hydrogen-bond acceptors (Lipinski definition) is 4. The molecule has 0 saturated carbocycles. The van der Waals surface area contributed by atoms with Gasteiger partial charge in [0.1, 0.15) is 6.42 Å². The lowest BCUT2D eigenvalue weighted by molar-refractivity contribution is -0.147. The van der Waals surface area contributed by atoms with Gasteiger partial charge in [0, 0.05) is 0 Å². The van der Waals surface area contributed by atoms with Crippen molar-refractivity contribution in [3.8, 4) is 0 Å². The minimum absolute atomic E-state index is 0.0419. The highest BCUT2D eigenvalue weighted by molar-refractivity contribution is 7.99. The molecule has 1 amide bonds. The van der Waals surface area contributed by atoms with E-state index in [1.165, 1.54) is 16.7 Å². The number of aliphatic carboxylic acids is 1. The van der Waals surface area contributed by atoms with Crippen LogP contribution in [0.2, 0.25) is 0 Å². The van der Waals surface area contributed by atoms with Crippen LogP contribution in [0.5, 0.6) is 0 Å². The number of carbonyl (C=O) groups excluding carboxylic acids is 2. The van der Waals surface area contributed by atoms with Gasteiger partial charge in [0.2, 0.25) is 5.91 Å². The summed E-state index contributed by atoms with van der Waals surface area (Å²) >= 11 is 1.49. The molecule has 1 fully saturated rings. The van der Waals surface area contributed by atoms with E-state index >= 15 is 0 Å². The zero-order valence-corrected chi connectivity index (χ0v) is 8.54. The van der Waals surface area contributed by atoms with Crippen LogP contribution in [-0.2, 0) is 14.4 Å². The van der Waals surface area contributed by atoms with Crippen molar-refractivity contribution in [2.75, 3.05) is 12.8 Å². The molecule has 1 unspecified atom stereocenters. The second-order valence-corrected chi connectivity index (χ2v) is 4.04. The van der Waals surface area contributed by atoms with E-state index in [2.05, 4.69) is 0 Å². The monoisotopic (exact) mass is 217 g/mol. The number of carboxylic acids is 1. The quantitative estimate of drug-likeness (QED) is 0.516. The van der Waals surface area contributed by atoms with Crippen molar-refractivity contribution in [1.82, 2.24) is 4.90 Å². The molecule has 1 aliphatic heterocycles. The Kier molecular flexibility index (Phi) is 3.51. The molecular formula is C8H11NO4S. The molecule has 0 aliphatic carbocycles. The molecule has 1 aliphatic rings. The third kappa shape index (κ3) is 2.47. The van der Waals surface area contributed by atoms with E-state index < -0.39 is 18.2 Å². The number of nitrogens with zero attached hydrogens (tertiary/aromatic N) is 1. The molecule has 0 radical (unpaired) electrons. The van der Waals surface area contributed by atoms with Crippen molar-refractivity contribution in [3.05, 3.63) is 0 Å². The molecule has 0 aromatic carbocycles. The summed E-state index contributed by atoms with van der Waals surface area (Å²) in [5, 5.41) is 8.39. The van der Waals surface area contributed by atoms with Crippen LogP contribution in [0.25, 0.3) is 0 Å². The van der Waals surface area contributed by atoms with E-state index in [0.717, 1.165) is 0 Å². The van der Waals surface area contributed by atoms with Crippen molar-refractivity contribution >= 4 is 29.4 Å². The number of rotatable bonds is 5. The van der Waals surface area contributed by atoms with E-state index in [0.29, 0.717) is 6.42 Å². The second-order valence-electron chi connectivity index (χ2n) is 3.03. The largest absolute Gasteiger partial charge is 0.481 e. The third-order valence-corrected chi connectivity index (χ3v) is 2.95. The number of Topliss-reactive ketones (excluding diaryl/α,β-unsaturated/α-hetero) is 1. The Hall–Kier alpha value is -1.04. The zero-order valence-electron chi connectivity index (χ0n) is 7.73. The first-order valence-corrected chi connectivity index (χ1v) is 5.39. The minimum atomic E-state index is -1.15. The van der Waals surface area contributed by atoms with Gasteiger partial charge in [0.05, 0.1) is 18.3 Å². The molecule has 6 heteroatoms. The summed E-state index contributed by atoms with van der Waals surface area (Å²) in [6.45, 7) is -0.0728. The topological polar surface area (TPSA) is 74.7 Å². The van der Waals surface area contributed by atoms with Crippen LogP contribution in [0.1, 0.15) is 12.8 Å². The van der Waals surface area contributed by atoms with Crippen molar-refractivity contribution in [2.45, 2.75) is 18.2 Å². The highest BCUT2D eigenvalue weighted by Gasteiger charge is 2.36. The predicted molar refractivity (Wildman–Crippen MR) is 50.9 cm³/mol. The summed E-state index contributed by atoms with van der Waals surface area (Å²) in [6, 6.07) is 0. The van der Waals surface area contributed by atoms with Gasteiger partial charge in [-0.1, -0.05) is 0 Å². The fourth-order valence-electron chi connectivity index (χ4n) is 1.24. The highest BCUT2D eigenvalue weighted by atomic mass is 32.2. The molecule has 1 atom stereocenters. The summed E-state index contributed by atoms with van der Waals surface area (Å²) < 4.78 is 0. The maximum Gasteiger partial charge on any atom is 0.310 e. The van der Waals surface area contributed by atoms with Crippen molar-refractivity contribution in [1.29, 1.82) is 0 Å². The van der Waals surface area contributed by atoms with Crippen LogP contribution in [0.3, 0.4) is 0 Å². The van der Waals surface area contributed by atoms with Gasteiger partial charge in [-0.25, -0.2) is 0 Å². The van der Waals surface area contributed by atoms with E-state index in [1.54, 1.807) is 0 Å². The number of thioether (sulfide) groups is 1. The SMILES string of the molecule is CSC1CC(=O)N1CC(=O)CC(=O)O. The van der Waals surface area contributed by atoms with Gasteiger partial charge in [-0.05, 0) is 6.26 Å². The summed E-state index contributed by atoms with van der Waals surface area (Å²) in [7, 11) is 0. The smallest absolute Gasteiger partial charge is 0.310 e. The molecule has 5 nitrogen and oxygen atoms in total. The maximum absolute atomic E-state index is 11.1. The Labute approximate surface area is 85.4 Å². The van der Waals surface area contributed by atoms with Gasteiger partial charge in [-0.3, -0.25) is 14.4 Å². The van der Waals surface area contributed by atoms with E-state index in [9.17, 15) is 14.4 Å². The maximum atomic E-state index is 11.1. The first kappa shape index (κ1) is 11.0. The average Bonchev–Trinajstić information content (AvgIpc) is 2.09. The minimum Gasteiger partial charge on any atom is -0.481 e. The van der Waals surface area contributed by atoms with Crippen LogP contribution < -0.4 is 0 Å². The normalized spacial score (nSPS) is 20.5. The molecule has 1 heterocycles. The zero-order chi connectivity index (χ0) is 10.7. The third-order valence-electron chi connectivity index (χ3n) is 1.98. The molecule has 78 valence electrons. The molecular weight excluding hydrogens is 206 g/mol. The summed E-state index contributed by atoms with van der Waals surface area (Å²) in [5.74, 6) is -1.66. The fraction of sp³-hybridized carbons (Fsp3) is 0.625. The lowest BCUT2D eigenvalue weighted by atomic mass is 10.1. The van der Waals surface area contributed by atoms with Crippen LogP contribution in [0, 0.1) is 0 Å². The van der Waals surface area contributed by atoms with Crippen molar-refractivity contribution in [2.24, 2.45) is 0 Å². The van der Waals surface area contributed by atoms with Crippen LogP contribution in [0.4, 0.5) is 0 Å². The molecule has 0 spiro atoms. The molecule has 0 aromatic heterocycles. The van der Waals surface area contributed by atoms with Crippen LogP contribution in [0.15, 0.2) is 0 Å². The van der Waals surface area contributed by atoms with Crippen LogP contribution >= 0.6 is 11.8 Å². The number of likely N-dealkylation sites (tertiary alicyclic amines) is 1. The number of amides is 1. The Balaban J connectivity index is 2.39. The van der Waals surface area contributed by atoms with Crippen molar-refractivity contribution in [3.63, 3.8) is 0 Å². The summed E-state index contributed by atoms with van der Waals surface area (Å²) in [6.07, 6.45) is 1.79. The number of carbonyl (C=O) groups is 3. The molecule has 1 N–H and O–H groups in total. The van der Waals surface area contributed by atoms with Gasteiger partial charge < -0.3 is 10.0 Å². The first-order valence-electron chi connectivity index (χ1n) is 4.10. The molecule has 0 aromatic rings. The molecule has 1 saturated heterocycles. The summed E-state index contributed by atoms with van der Waals surface area (Å²) in [4.78, 5) is 33.7. The number of β-lactam (4-membered cyclic amide) rings is 1. The second kappa shape index (κ2) is 4.45. The van der Waals surface area contributed by atoms with E-state index in [1.807, 2.05) is 6.26 Å². The molecule has 1 rings (SSSR count). The van der Waals surface area contributed by atoms with Gasteiger partial charge in [-0.15, -0.1) is 11.8 Å². The van der Waals surface area contributed by atoms with Crippen molar-refractivity contribution < 1.29 is 19.5 Å². The lowest BCUT2D eigenvalue weighted by Crippen LogP contribution is -2.52. The molecule has 0 bridgehead atoms. The Morgan fingerprint density at radius 3 is 2.71 bits per heavy atom. The van der Waals surface area contributed by atoms with E-state index in [4.69, 9.17) is 5.11 Å². The summed E-state index contributed by atoms with van der Waals surface area (Å²) in [5.41, 5.74) is 0. The van der Waals surface area contributed by atoms with Gasteiger partial charge in [0.25, 0.3) is 0 Å². The fourth-order valence-corrected chi connectivity index (χ4v) is 2.00. The highest BCUT2D eigenvalue weighted by Crippen LogP contribution is 2.27. The Bertz CT molecular complexity index is 279. The number of carboxylic acid groups (broad SMARTS) is 1. The standard InChI is InChI=1S/C8H11NO4S/c1-14-7-3-6(11)9(7)4-5(10)2-8(12)13/h7H,2-4H2,1H3,(H,12,13). The first-order chi connectivity index (χ1) is 6.54.